The van der Waals surface area contributed by atoms with E-state index >= 15 is 0 Å². The molecule has 0 aromatic carbocycles. The van der Waals surface area contributed by atoms with Crippen LogP contribution < -0.4 is 10.5 Å². The topological polar surface area (TPSA) is 99.1 Å². The summed E-state index contributed by atoms with van der Waals surface area (Å²) in [6.45, 7) is 2.85. The van der Waals surface area contributed by atoms with Gasteiger partial charge in [-0.25, -0.2) is 4.98 Å². The molecule has 22 heavy (non-hydrogen) atoms. The molecule has 0 bridgehead atoms. The monoisotopic (exact) mass is 303 g/mol. The molecule has 2 aromatic rings. The number of rotatable bonds is 6. The third kappa shape index (κ3) is 2.76. The van der Waals surface area contributed by atoms with Crippen molar-refractivity contribution in [2.75, 3.05) is 18.9 Å². The van der Waals surface area contributed by atoms with Gasteiger partial charge in [-0.1, -0.05) is 25.5 Å². The normalized spacial score (nSPS) is 20.8. The molecule has 0 saturated carbocycles. The van der Waals surface area contributed by atoms with Crippen LogP contribution in [0, 0.1) is 5.92 Å². The minimum Gasteiger partial charge on any atom is -0.476 e. The average Bonchev–Trinajstić information content (AvgIpc) is 3.13. The lowest BCUT2D eigenvalue weighted by Crippen LogP contribution is -2.09. The number of hydrogen-bond donors (Lipinski definition) is 2. The second kappa shape index (κ2) is 6.31. The Morgan fingerprint density at radius 3 is 3.00 bits per heavy atom. The summed E-state index contributed by atoms with van der Waals surface area (Å²) in [4.78, 5) is 12.9. The largest absolute Gasteiger partial charge is 0.476 e. The molecule has 3 N–H and O–H groups in total. The first kappa shape index (κ1) is 14.8. The third-order valence-electron chi connectivity index (χ3n) is 3.88. The molecule has 0 spiro atoms. The predicted octanol–water partition coefficient (Wildman–Crippen LogP) is 1.70. The van der Waals surface area contributed by atoms with Gasteiger partial charge in [-0.05, 0) is 12.8 Å². The van der Waals surface area contributed by atoms with Crippen molar-refractivity contribution >= 4 is 17.1 Å². The van der Waals surface area contributed by atoms with Gasteiger partial charge < -0.3 is 20.1 Å². The SMILES string of the molecule is CCCCOc1nc(N)nc2c1ncn2C1C=C[C@@H](CO)C1. The van der Waals surface area contributed by atoms with Crippen molar-refractivity contribution in [1.29, 1.82) is 0 Å². The van der Waals surface area contributed by atoms with E-state index in [0.717, 1.165) is 19.3 Å². The second-order valence-corrected chi connectivity index (χ2v) is 5.54. The third-order valence-corrected chi connectivity index (χ3v) is 3.88. The first-order valence-corrected chi connectivity index (χ1v) is 7.65. The summed E-state index contributed by atoms with van der Waals surface area (Å²) >= 11 is 0. The number of allylic oxidation sites excluding steroid dienone is 1. The lowest BCUT2D eigenvalue weighted by molar-refractivity contribution is 0.244. The first-order chi connectivity index (χ1) is 10.7. The van der Waals surface area contributed by atoms with Crippen molar-refractivity contribution in [2.45, 2.75) is 32.2 Å². The fraction of sp³-hybridized carbons (Fsp3) is 0.533. The maximum absolute atomic E-state index is 9.26. The Labute approximate surface area is 128 Å². The van der Waals surface area contributed by atoms with Crippen molar-refractivity contribution in [3.05, 3.63) is 18.5 Å². The lowest BCUT2D eigenvalue weighted by atomic mass is 10.1. The molecule has 0 fully saturated rings. The van der Waals surface area contributed by atoms with Gasteiger partial charge in [0.1, 0.15) is 0 Å². The zero-order valence-corrected chi connectivity index (χ0v) is 12.6. The summed E-state index contributed by atoms with van der Waals surface area (Å²) < 4.78 is 7.66. The lowest BCUT2D eigenvalue weighted by Gasteiger charge is -2.13. The number of nitrogens with two attached hydrogens (primary N) is 1. The van der Waals surface area contributed by atoms with Crippen molar-refractivity contribution in [3.63, 3.8) is 0 Å². The van der Waals surface area contributed by atoms with E-state index in [4.69, 9.17) is 10.5 Å². The number of unbranched alkanes of at least 4 members (excludes halogenated alkanes) is 1. The molecule has 7 heteroatoms. The first-order valence-electron chi connectivity index (χ1n) is 7.65. The van der Waals surface area contributed by atoms with E-state index in [-0.39, 0.29) is 24.5 Å². The molecule has 0 amide bonds. The van der Waals surface area contributed by atoms with Gasteiger partial charge >= 0.3 is 0 Å². The zero-order valence-electron chi connectivity index (χ0n) is 12.6. The predicted molar refractivity (Wildman–Crippen MR) is 83.5 cm³/mol. The van der Waals surface area contributed by atoms with Gasteiger partial charge in [0.05, 0.1) is 19.0 Å². The van der Waals surface area contributed by atoms with Crippen LogP contribution in [0.4, 0.5) is 5.95 Å². The molecule has 3 rings (SSSR count). The summed E-state index contributed by atoms with van der Waals surface area (Å²) in [5, 5.41) is 9.26. The van der Waals surface area contributed by atoms with Crippen LogP contribution in [0.2, 0.25) is 0 Å². The maximum Gasteiger partial charge on any atom is 0.247 e. The number of hydrogen-bond acceptors (Lipinski definition) is 6. The van der Waals surface area contributed by atoms with Crippen LogP contribution in [0.3, 0.4) is 0 Å². The molecular formula is C15H21N5O2. The number of anilines is 1. The van der Waals surface area contributed by atoms with E-state index in [1.165, 1.54) is 0 Å². The quantitative estimate of drug-likeness (QED) is 0.622. The van der Waals surface area contributed by atoms with Crippen LogP contribution in [0.25, 0.3) is 11.2 Å². The van der Waals surface area contributed by atoms with Gasteiger partial charge in [0.25, 0.3) is 0 Å². The Morgan fingerprint density at radius 1 is 1.41 bits per heavy atom. The highest BCUT2D eigenvalue weighted by Gasteiger charge is 2.23. The van der Waals surface area contributed by atoms with Gasteiger partial charge in [0.15, 0.2) is 11.2 Å². The van der Waals surface area contributed by atoms with Gasteiger partial charge in [-0.15, -0.1) is 0 Å². The van der Waals surface area contributed by atoms with Crippen LogP contribution in [-0.2, 0) is 0 Å². The number of aromatic nitrogens is 4. The highest BCUT2D eigenvalue weighted by atomic mass is 16.5. The number of aliphatic hydroxyl groups is 1. The molecule has 2 aromatic heterocycles. The zero-order chi connectivity index (χ0) is 15.5. The summed E-state index contributed by atoms with van der Waals surface area (Å²) in [5.74, 6) is 0.804. The summed E-state index contributed by atoms with van der Waals surface area (Å²) in [6.07, 6.45) is 8.67. The molecule has 2 atom stereocenters. The highest BCUT2D eigenvalue weighted by molar-refractivity contribution is 5.77. The van der Waals surface area contributed by atoms with Crippen LogP contribution >= 0.6 is 0 Å². The average molecular weight is 303 g/mol. The van der Waals surface area contributed by atoms with E-state index in [0.29, 0.717) is 23.7 Å². The van der Waals surface area contributed by atoms with Gasteiger partial charge in [-0.2, -0.15) is 9.97 Å². The van der Waals surface area contributed by atoms with Crippen LogP contribution in [-0.4, -0.2) is 37.8 Å². The van der Waals surface area contributed by atoms with E-state index in [2.05, 4.69) is 28.0 Å². The molecular weight excluding hydrogens is 282 g/mol. The molecule has 7 nitrogen and oxygen atoms in total. The molecule has 2 heterocycles. The van der Waals surface area contributed by atoms with Crippen molar-refractivity contribution < 1.29 is 9.84 Å². The molecule has 0 aliphatic heterocycles. The molecule has 1 aliphatic rings. The molecule has 1 unspecified atom stereocenters. The van der Waals surface area contributed by atoms with Crippen molar-refractivity contribution in [1.82, 2.24) is 19.5 Å². The Balaban J connectivity index is 1.92. The van der Waals surface area contributed by atoms with E-state index < -0.39 is 0 Å². The standard InChI is InChI=1S/C15H21N5O2/c1-2-3-6-22-14-12-13(18-15(16)19-14)20(9-17-12)11-5-4-10(7-11)8-21/h4-5,9-11,21H,2-3,6-8H2,1H3,(H2,16,18,19)/t10-,11?/m1/s1. The number of nitrogen functional groups attached to an aromatic ring is 1. The summed E-state index contributed by atoms with van der Waals surface area (Å²) in [5.41, 5.74) is 7.11. The fourth-order valence-corrected chi connectivity index (χ4v) is 2.66. The van der Waals surface area contributed by atoms with Crippen LogP contribution in [0.1, 0.15) is 32.2 Å². The number of fused-ring (bicyclic) bond motifs is 1. The second-order valence-electron chi connectivity index (χ2n) is 5.54. The minimum atomic E-state index is 0.125. The van der Waals surface area contributed by atoms with E-state index in [9.17, 15) is 5.11 Å². The van der Waals surface area contributed by atoms with Gasteiger partial charge in [0.2, 0.25) is 11.8 Å². The van der Waals surface area contributed by atoms with Crippen molar-refractivity contribution in [3.8, 4) is 5.88 Å². The van der Waals surface area contributed by atoms with Crippen LogP contribution in [0.15, 0.2) is 18.5 Å². The van der Waals surface area contributed by atoms with E-state index in [1.54, 1.807) is 6.33 Å². The highest BCUT2D eigenvalue weighted by Crippen LogP contribution is 2.31. The van der Waals surface area contributed by atoms with Crippen molar-refractivity contribution in [2.24, 2.45) is 5.92 Å². The number of aliphatic hydroxyl groups excluding tert-OH is 1. The Morgan fingerprint density at radius 2 is 2.27 bits per heavy atom. The van der Waals surface area contributed by atoms with Gasteiger partial charge in [-0.3, -0.25) is 0 Å². The smallest absolute Gasteiger partial charge is 0.247 e. The van der Waals surface area contributed by atoms with Crippen LogP contribution in [0.5, 0.6) is 5.88 Å². The fourth-order valence-electron chi connectivity index (χ4n) is 2.66. The Bertz CT molecular complexity index is 682. The summed E-state index contributed by atoms with van der Waals surface area (Å²) in [6, 6.07) is 0.125. The number of imidazole rings is 1. The number of ether oxygens (including phenoxy) is 1. The van der Waals surface area contributed by atoms with E-state index in [1.807, 2.05) is 10.6 Å². The molecule has 0 radical (unpaired) electrons. The Hall–Kier alpha value is -2.15. The Kier molecular flexibility index (Phi) is 4.24. The summed E-state index contributed by atoms with van der Waals surface area (Å²) in [7, 11) is 0. The molecule has 1 aliphatic carbocycles. The maximum atomic E-state index is 9.26. The molecule has 0 saturated heterocycles. The minimum absolute atomic E-state index is 0.125. The molecule has 118 valence electrons. The van der Waals surface area contributed by atoms with Gasteiger partial charge in [0, 0.05) is 12.5 Å². The number of nitrogens with zero attached hydrogens (tertiary/aromatic N) is 4.